The summed E-state index contributed by atoms with van der Waals surface area (Å²) >= 11 is 0. The zero-order valence-electron chi connectivity index (χ0n) is 10.9. The molecule has 0 aliphatic carbocycles. The third-order valence-corrected chi connectivity index (χ3v) is 3.07. The molecule has 2 atom stereocenters. The van der Waals surface area contributed by atoms with Crippen LogP contribution in [0.25, 0.3) is 0 Å². The molecule has 96 valence electrons. The summed E-state index contributed by atoms with van der Waals surface area (Å²) in [6.07, 6.45) is 1.99. The van der Waals surface area contributed by atoms with Crippen molar-refractivity contribution in [2.75, 3.05) is 6.61 Å². The quantitative estimate of drug-likeness (QED) is 0.819. The highest BCUT2D eigenvalue weighted by molar-refractivity contribution is 5.30. The lowest BCUT2D eigenvalue weighted by molar-refractivity contribution is -0.0102. The first-order valence-electron chi connectivity index (χ1n) is 6.48. The highest BCUT2D eigenvalue weighted by atomic mass is 16.5. The molecule has 2 rings (SSSR count). The Morgan fingerprint density at radius 3 is 2.67 bits per heavy atom. The molecule has 1 saturated heterocycles. The van der Waals surface area contributed by atoms with E-state index in [1.165, 1.54) is 0 Å². The van der Waals surface area contributed by atoms with Crippen LogP contribution in [0.2, 0.25) is 0 Å². The Bertz CT molecular complexity index is 419. The molecule has 1 heterocycles. The molecule has 1 aliphatic heterocycles. The summed E-state index contributed by atoms with van der Waals surface area (Å²) in [5.41, 5.74) is 1.07. The molecular formula is C15H19NO2. The number of hydrogen-bond acceptors (Lipinski definition) is 3. The first-order valence-corrected chi connectivity index (χ1v) is 6.48. The number of rotatable bonds is 3. The smallest absolute Gasteiger partial charge is 0.119 e. The molecule has 3 nitrogen and oxygen atoms in total. The third kappa shape index (κ3) is 3.02. The maximum Gasteiger partial charge on any atom is 0.119 e. The van der Waals surface area contributed by atoms with Gasteiger partial charge in [-0.3, -0.25) is 0 Å². The van der Waals surface area contributed by atoms with Gasteiger partial charge in [0.2, 0.25) is 0 Å². The summed E-state index contributed by atoms with van der Waals surface area (Å²) in [5.74, 6) is 0.827. The van der Waals surface area contributed by atoms with Crippen molar-refractivity contribution < 1.29 is 9.47 Å². The van der Waals surface area contributed by atoms with E-state index in [1.807, 2.05) is 38.1 Å². The molecule has 0 amide bonds. The molecule has 1 aromatic rings. The molecule has 1 fully saturated rings. The molecule has 1 aliphatic rings. The summed E-state index contributed by atoms with van der Waals surface area (Å²) in [7, 11) is 0. The zero-order valence-corrected chi connectivity index (χ0v) is 10.9. The van der Waals surface area contributed by atoms with Gasteiger partial charge in [0, 0.05) is 6.61 Å². The maximum absolute atomic E-state index is 9.14. The molecule has 1 aromatic carbocycles. The highest BCUT2D eigenvalue weighted by Gasteiger charge is 2.27. The molecule has 0 spiro atoms. The molecule has 0 saturated carbocycles. The summed E-state index contributed by atoms with van der Waals surface area (Å²) in [4.78, 5) is 0. The second-order valence-corrected chi connectivity index (χ2v) is 4.90. The molecule has 18 heavy (non-hydrogen) atoms. The van der Waals surface area contributed by atoms with Gasteiger partial charge in [0.1, 0.15) is 5.75 Å². The van der Waals surface area contributed by atoms with Crippen LogP contribution in [-0.2, 0) is 4.74 Å². The summed E-state index contributed by atoms with van der Waals surface area (Å²) < 4.78 is 11.3. The second-order valence-electron chi connectivity index (χ2n) is 4.90. The van der Waals surface area contributed by atoms with Gasteiger partial charge < -0.3 is 9.47 Å². The number of nitriles is 1. The van der Waals surface area contributed by atoms with Crippen LogP contribution in [0.3, 0.4) is 0 Å². The van der Waals surface area contributed by atoms with Crippen LogP contribution < -0.4 is 4.74 Å². The first kappa shape index (κ1) is 12.9. The predicted octanol–water partition coefficient (Wildman–Crippen LogP) is 3.47. The molecule has 2 unspecified atom stereocenters. The normalized spacial score (nSPS) is 23.7. The molecule has 0 radical (unpaired) electrons. The van der Waals surface area contributed by atoms with E-state index in [0.29, 0.717) is 0 Å². The average Bonchev–Trinajstić information content (AvgIpc) is 2.39. The number of nitrogens with zero attached hydrogens (tertiary/aromatic N) is 1. The van der Waals surface area contributed by atoms with Gasteiger partial charge in [-0.15, -0.1) is 0 Å². The Balaban J connectivity index is 2.11. The SMILES string of the molecule is CC(C)Oc1ccc(C2OCCCC2C#N)cc1. The molecule has 0 N–H and O–H groups in total. The largest absolute Gasteiger partial charge is 0.491 e. The van der Waals surface area contributed by atoms with Crippen molar-refractivity contribution in [2.45, 2.75) is 38.9 Å². The van der Waals surface area contributed by atoms with Gasteiger partial charge in [-0.25, -0.2) is 0 Å². The van der Waals surface area contributed by atoms with Crippen molar-refractivity contribution in [3.05, 3.63) is 29.8 Å². The Morgan fingerprint density at radius 1 is 1.33 bits per heavy atom. The lowest BCUT2D eigenvalue weighted by atomic mass is 9.91. The van der Waals surface area contributed by atoms with Crippen molar-refractivity contribution in [3.8, 4) is 11.8 Å². The lowest BCUT2D eigenvalue weighted by Gasteiger charge is -2.27. The minimum Gasteiger partial charge on any atom is -0.491 e. The van der Waals surface area contributed by atoms with Gasteiger partial charge in [0.15, 0.2) is 0 Å². The minimum atomic E-state index is -0.0863. The van der Waals surface area contributed by atoms with Crippen LogP contribution in [0, 0.1) is 17.2 Å². The fourth-order valence-electron chi connectivity index (χ4n) is 2.25. The number of hydrogen-bond donors (Lipinski definition) is 0. The van der Waals surface area contributed by atoms with Crippen molar-refractivity contribution in [2.24, 2.45) is 5.92 Å². The van der Waals surface area contributed by atoms with E-state index in [2.05, 4.69) is 6.07 Å². The van der Waals surface area contributed by atoms with E-state index >= 15 is 0 Å². The van der Waals surface area contributed by atoms with E-state index < -0.39 is 0 Å². The second kappa shape index (κ2) is 5.88. The van der Waals surface area contributed by atoms with E-state index in [-0.39, 0.29) is 18.1 Å². The van der Waals surface area contributed by atoms with Crippen molar-refractivity contribution in [1.29, 1.82) is 5.26 Å². The van der Waals surface area contributed by atoms with Gasteiger partial charge in [0.05, 0.1) is 24.2 Å². The number of benzene rings is 1. The summed E-state index contributed by atoms with van der Waals surface area (Å²) in [6.45, 7) is 4.75. The van der Waals surface area contributed by atoms with E-state index in [9.17, 15) is 0 Å². The Labute approximate surface area is 108 Å². The fraction of sp³-hybridized carbons (Fsp3) is 0.533. The predicted molar refractivity (Wildman–Crippen MR) is 69.2 cm³/mol. The first-order chi connectivity index (χ1) is 8.70. The van der Waals surface area contributed by atoms with Gasteiger partial charge in [-0.1, -0.05) is 12.1 Å². The average molecular weight is 245 g/mol. The van der Waals surface area contributed by atoms with Gasteiger partial charge in [-0.05, 0) is 44.4 Å². The van der Waals surface area contributed by atoms with Crippen LogP contribution in [0.5, 0.6) is 5.75 Å². The Hall–Kier alpha value is -1.53. The standard InChI is InChI=1S/C15H19NO2/c1-11(2)18-14-7-5-12(6-8-14)15-13(10-16)4-3-9-17-15/h5-8,11,13,15H,3-4,9H2,1-2H3. The molecule has 3 heteroatoms. The van der Waals surface area contributed by atoms with E-state index in [0.717, 1.165) is 30.8 Å². The third-order valence-electron chi connectivity index (χ3n) is 3.07. The van der Waals surface area contributed by atoms with E-state index in [4.69, 9.17) is 14.7 Å². The number of ether oxygens (including phenoxy) is 2. The van der Waals surface area contributed by atoms with Gasteiger partial charge >= 0.3 is 0 Å². The lowest BCUT2D eigenvalue weighted by Crippen LogP contribution is -2.21. The Morgan fingerprint density at radius 2 is 2.06 bits per heavy atom. The van der Waals surface area contributed by atoms with Crippen LogP contribution >= 0.6 is 0 Å². The Kier molecular flexibility index (Phi) is 4.22. The molecule has 0 bridgehead atoms. The highest BCUT2D eigenvalue weighted by Crippen LogP contribution is 2.33. The maximum atomic E-state index is 9.14. The minimum absolute atomic E-state index is 0.0318. The van der Waals surface area contributed by atoms with Crippen molar-refractivity contribution in [1.82, 2.24) is 0 Å². The monoisotopic (exact) mass is 245 g/mol. The zero-order chi connectivity index (χ0) is 13.0. The van der Waals surface area contributed by atoms with Crippen molar-refractivity contribution in [3.63, 3.8) is 0 Å². The molecular weight excluding hydrogens is 226 g/mol. The van der Waals surface area contributed by atoms with Crippen LogP contribution in [0.1, 0.15) is 38.4 Å². The fourth-order valence-corrected chi connectivity index (χ4v) is 2.25. The summed E-state index contributed by atoms with van der Waals surface area (Å²) in [5, 5.41) is 9.14. The molecule has 0 aromatic heterocycles. The van der Waals surface area contributed by atoms with Crippen molar-refractivity contribution >= 4 is 0 Å². The van der Waals surface area contributed by atoms with Crippen LogP contribution in [0.15, 0.2) is 24.3 Å². The summed E-state index contributed by atoms with van der Waals surface area (Å²) in [6, 6.07) is 10.2. The van der Waals surface area contributed by atoms with Gasteiger partial charge in [-0.2, -0.15) is 5.26 Å². The van der Waals surface area contributed by atoms with Crippen LogP contribution in [0.4, 0.5) is 0 Å². The van der Waals surface area contributed by atoms with Gasteiger partial charge in [0.25, 0.3) is 0 Å². The van der Waals surface area contributed by atoms with Crippen LogP contribution in [-0.4, -0.2) is 12.7 Å². The topological polar surface area (TPSA) is 42.2 Å². The van der Waals surface area contributed by atoms with E-state index in [1.54, 1.807) is 0 Å².